The molecule has 0 unspecified atom stereocenters. The first-order valence-electron chi connectivity index (χ1n) is 7.72. The van der Waals surface area contributed by atoms with Crippen LogP contribution in [0.3, 0.4) is 0 Å². The van der Waals surface area contributed by atoms with Gasteiger partial charge in [-0.1, -0.05) is 18.2 Å². The third-order valence-electron chi connectivity index (χ3n) is 4.03. The molecular weight excluding hydrogens is 292 g/mol. The van der Waals surface area contributed by atoms with Crippen LogP contribution in [-0.4, -0.2) is 24.8 Å². The summed E-state index contributed by atoms with van der Waals surface area (Å²) in [5.74, 6) is 0.529. The van der Waals surface area contributed by atoms with Gasteiger partial charge in [0, 0.05) is 18.3 Å². The van der Waals surface area contributed by atoms with Crippen LogP contribution in [0.1, 0.15) is 18.4 Å². The van der Waals surface area contributed by atoms with E-state index in [1.54, 1.807) is 11.0 Å². The summed E-state index contributed by atoms with van der Waals surface area (Å²) in [6.45, 7) is 0.684. The molecule has 1 aliphatic rings. The summed E-state index contributed by atoms with van der Waals surface area (Å²) in [5.41, 5.74) is 2.69. The number of nitrogens with one attached hydrogen (secondary N) is 1. The maximum atomic E-state index is 12.7. The van der Waals surface area contributed by atoms with Crippen molar-refractivity contribution in [2.24, 2.45) is 0 Å². The Kier molecular flexibility index (Phi) is 4.37. The first-order valence-corrected chi connectivity index (χ1v) is 7.72. The maximum absolute atomic E-state index is 12.7. The molecule has 5 heteroatoms. The molecular formula is C18H20N2O3. The van der Waals surface area contributed by atoms with Crippen molar-refractivity contribution < 1.29 is 14.6 Å². The number of ether oxygens (including phenoxy) is 1. The standard InChI is InChI=1S/C18H20N2O3/c1-23-17-12-14(21)9-10-15(17)19-18(22)20-11-5-4-7-13-6-2-3-8-16(13)20/h2-3,6,8-10,12,21H,4-5,7,11H2,1H3,(H,19,22). The Labute approximate surface area is 135 Å². The van der Waals surface area contributed by atoms with Crippen LogP contribution in [0, 0.1) is 0 Å². The average Bonchev–Trinajstić information content (AvgIpc) is 2.79. The molecule has 0 radical (unpaired) electrons. The third kappa shape index (κ3) is 3.23. The fourth-order valence-electron chi connectivity index (χ4n) is 2.87. The Morgan fingerprint density at radius 3 is 2.87 bits per heavy atom. The van der Waals surface area contributed by atoms with Gasteiger partial charge in [0.25, 0.3) is 0 Å². The average molecular weight is 312 g/mol. The van der Waals surface area contributed by atoms with Crippen molar-refractivity contribution in [1.82, 2.24) is 0 Å². The van der Waals surface area contributed by atoms with Gasteiger partial charge in [-0.05, 0) is 43.0 Å². The lowest BCUT2D eigenvalue weighted by atomic mass is 10.1. The van der Waals surface area contributed by atoms with E-state index < -0.39 is 0 Å². The molecule has 0 bridgehead atoms. The molecule has 5 nitrogen and oxygen atoms in total. The highest BCUT2D eigenvalue weighted by molar-refractivity contribution is 6.03. The number of nitrogens with zero attached hydrogens (tertiary/aromatic N) is 1. The Morgan fingerprint density at radius 1 is 1.22 bits per heavy atom. The molecule has 0 aromatic heterocycles. The molecule has 0 atom stereocenters. The third-order valence-corrected chi connectivity index (χ3v) is 4.03. The molecule has 1 aliphatic heterocycles. The summed E-state index contributed by atoms with van der Waals surface area (Å²) in [5, 5.41) is 12.4. The number of para-hydroxylation sites is 1. The van der Waals surface area contributed by atoms with Crippen molar-refractivity contribution in [2.45, 2.75) is 19.3 Å². The number of carbonyl (C=O) groups is 1. The molecule has 2 amide bonds. The van der Waals surface area contributed by atoms with Crippen LogP contribution < -0.4 is 15.0 Å². The zero-order valence-corrected chi connectivity index (χ0v) is 13.1. The predicted octanol–water partition coefficient (Wildman–Crippen LogP) is 3.78. The number of rotatable bonds is 2. The summed E-state index contributed by atoms with van der Waals surface area (Å²) in [4.78, 5) is 14.5. The van der Waals surface area contributed by atoms with Gasteiger partial charge in [-0.3, -0.25) is 4.90 Å². The van der Waals surface area contributed by atoms with Gasteiger partial charge in [-0.25, -0.2) is 4.79 Å². The fourth-order valence-corrected chi connectivity index (χ4v) is 2.87. The van der Waals surface area contributed by atoms with Gasteiger partial charge in [0.1, 0.15) is 11.5 Å². The normalized spacial score (nSPS) is 13.9. The van der Waals surface area contributed by atoms with Crippen molar-refractivity contribution in [2.75, 3.05) is 23.9 Å². The largest absolute Gasteiger partial charge is 0.508 e. The number of benzene rings is 2. The van der Waals surface area contributed by atoms with Crippen molar-refractivity contribution in [1.29, 1.82) is 0 Å². The van der Waals surface area contributed by atoms with Crippen LogP contribution in [0.15, 0.2) is 42.5 Å². The number of aromatic hydroxyl groups is 1. The smallest absolute Gasteiger partial charge is 0.326 e. The molecule has 3 rings (SSSR count). The predicted molar refractivity (Wildman–Crippen MR) is 90.4 cm³/mol. The van der Waals surface area contributed by atoms with Crippen LogP contribution >= 0.6 is 0 Å². The zero-order chi connectivity index (χ0) is 16.2. The van der Waals surface area contributed by atoms with Crippen LogP contribution in [0.5, 0.6) is 11.5 Å². The quantitative estimate of drug-likeness (QED) is 0.830. The number of carbonyl (C=O) groups excluding carboxylic acids is 1. The van der Waals surface area contributed by atoms with Crippen LogP contribution in [-0.2, 0) is 6.42 Å². The van der Waals surface area contributed by atoms with E-state index in [4.69, 9.17) is 4.74 Å². The molecule has 23 heavy (non-hydrogen) atoms. The summed E-state index contributed by atoms with van der Waals surface area (Å²) >= 11 is 0. The van der Waals surface area contributed by atoms with Crippen LogP contribution in [0.25, 0.3) is 0 Å². The number of hydrogen-bond acceptors (Lipinski definition) is 3. The number of fused-ring (bicyclic) bond motifs is 1. The van der Waals surface area contributed by atoms with Gasteiger partial charge in [0.05, 0.1) is 12.8 Å². The molecule has 0 saturated heterocycles. The summed E-state index contributed by atoms with van der Waals surface area (Å²) in [6, 6.07) is 12.4. The van der Waals surface area contributed by atoms with E-state index in [1.807, 2.05) is 18.2 Å². The summed E-state index contributed by atoms with van der Waals surface area (Å²) < 4.78 is 5.22. The van der Waals surface area contributed by atoms with Gasteiger partial charge < -0.3 is 15.2 Å². The first kappa shape index (κ1) is 15.2. The van der Waals surface area contributed by atoms with Crippen molar-refractivity contribution in [3.8, 4) is 11.5 Å². The SMILES string of the molecule is COc1cc(O)ccc1NC(=O)N1CCCCc2ccccc21. The second kappa shape index (κ2) is 6.60. The molecule has 2 N–H and O–H groups in total. The minimum Gasteiger partial charge on any atom is -0.508 e. The van der Waals surface area contributed by atoms with E-state index in [9.17, 15) is 9.90 Å². The van der Waals surface area contributed by atoms with Crippen molar-refractivity contribution in [3.05, 3.63) is 48.0 Å². The number of urea groups is 1. The number of amides is 2. The molecule has 1 heterocycles. The Bertz CT molecular complexity index is 715. The highest BCUT2D eigenvalue weighted by atomic mass is 16.5. The lowest BCUT2D eigenvalue weighted by Crippen LogP contribution is -2.35. The van der Waals surface area contributed by atoms with Gasteiger partial charge in [0.2, 0.25) is 0 Å². The Hall–Kier alpha value is -2.69. The van der Waals surface area contributed by atoms with Crippen molar-refractivity contribution in [3.63, 3.8) is 0 Å². The first-order chi connectivity index (χ1) is 11.2. The molecule has 2 aromatic carbocycles. The minimum atomic E-state index is -0.191. The number of aryl methyl sites for hydroxylation is 1. The molecule has 0 aliphatic carbocycles. The van der Waals surface area contributed by atoms with Gasteiger partial charge in [0.15, 0.2) is 0 Å². The van der Waals surface area contributed by atoms with E-state index in [0.29, 0.717) is 18.0 Å². The highest BCUT2D eigenvalue weighted by Crippen LogP contribution is 2.30. The van der Waals surface area contributed by atoms with Gasteiger partial charge in [-0.15, -0.1) is 0 Å². The maximum Gasteiger partial charge on any atom is 0.326 e. The zero-order valence-electron chi connectivity index (χ0n) is 13.1. The lowest BCUT2D eigenvalue weighted by Gasteiger charge is -2.23. The fraction of sp³-hybridized carbons (Fsp3) is 0.278. The highest BCUT2D eigenvalue weighted by Gasteiger charge is 2.21. The number of anilines is 2. The molecule has 120 valence electrons. The Morgan fingerprint density at radius 2 is 2.04 bits per heavy atom. The molecule has 0 saturated carbocycles. The molecule has 2 aromatic rings. The van der Waals surface area contributed by atoms with Crippen LogP contribution in [0.4, 0.5) is 16.2 Å². The lowest BCUT2D eigenvalue weighted by molar-refractivity contribution is 0.256. The minimum absolute atomic E-state index is 0.0972. The number of phenols is 1. The van der Waals surface area contributed by atoms with E-state index in [0.717, 1.165) is 24.9 Å². The topological polar surface area (TPSA) is 61.8 Å². The second-order valence-electron chi connectivity index (χ2n) is 5.55. The summed E-state index contributed by atoms with van der Waals surface area (Å²) in [7, 11) is 1.51. The second-order valence-corrected chi connectivity index (χ2v) is 5.55. The van der Waals surface area contributed by atoms with Crippen molar-refractivity contribution >= 4 is 17.4 Å². The number of methoxy groups -OCH3 is 1. The van der Waals surface area contributed by atoms with Gasteiger partial charge in [-0.2, -0.15) is 0 Å². The summed E-state index contributed by atoms with van der Waals surface area (Å²) in [6.07, 6.45) is 3.03. The van der Waals surface area contributed by atoms with Gasteiger partial charge >= 0.3 is 6.03 Å². The monoisotopic (exact) mass is 312 g/mol. The van der Waals surface area contributed by atoms with E-state index in [1.165, 1.54) is 24.8 Å². The Balaban J connectivity index is 1.86. The van der Waals surface area contributed by atoms with Crippen LogP contribution in [0.2, 0.25) is 0 Å². The molecule has 0 spiro atoms. The number of phenolic OH excluding ortho intramolecular Hbond substituents is 1. The van der Waals surface area contributed by atoms with E-state index >= 15 is 0 Å². The molecule has 0 fully saturated rings. The van der Waals surface area contributed by atoms with E-state index in [-0.39, 0.29) is 11.8 Å². The van der Waals surface area contributed by atoms with E-state index in [2.05, 4.69) is 11.4 Å². The number of hydrogen-bond donors (Lipinski definition) is 2.